The summed E-state index contributed by atoms with van der Waals surface area (Å²) in [5.41, 5.74) is 2.52. The van der Waals surface area contributed by atoms with Gasteiger partial charge in [0.05, 0.1) is 0 Å². The van der Waals surface area contributed by atoms with E-state index >= 15 is 0 Å². The van der Waals surface area contributed by atoms with Gasteiger partial charge in [-0.3, -0.25) is 0 Å². The molecule has 0 bridgehead atoms. The number of carbonyl (C=O) groups excluding carboxylic acids is 1. The summed E-state index contributed by atoms with van der Waals surface area (Å²) in [4.78, 5) is 12.4. The number of allylic oxidation sites excluding steroid dienone is 1. The van der Waals surface area contributed by atoms with E-state index in [-0.39, 0.29) is 36.1 Å². The van der Waals surface area contributed by atoms with Crippen molar-refractivity contribution in [2.24, 2.45) is 5.41 Å². The summed E-state index contributed by atoms with van der Waals surface area (Å²) in [6.07, 6.45) is 4.59. The zero-order valence-electron chi connectivity index (χ0n) is 13.8. The smallest absolute Gasteiger partial charge is 1.00 e. The van der Waals surface area contributed by atoms with Crippen LogP contribution in [0.2, 0.25) is 13.1 Å². The van der Waals surface area contributed by atoms with Crippen LogP contribution in [0.1, 0.15) is 35.6 Å². The summed E-state index contributed by atoms with van der Waals surface area (Å²) in [5, 5.41) is 0. The molecule has 1 aromatic rings. The van der Waals surface area contributed by atoms with Crippen molar-refractivity contribution in [2.45, 2.75) is 37.5 Å². The maximum absolute atomic E-state index is 12.4. The van der Waals surface area contributed by atoms with Crippen LogP contribution in [0.5, 0.6) is 0 Å². The van der Waals surface area contributed by atoms with Crippen LogP contribution >= 0.6 is 0 Å². The number of hydrogen-bond acceptors (Lipinski definition) is 1. The molecule has 0 aliphatic heterocycles. The van der Waals surface area contributed by atoms with Gasteiger partial charge in [0.25, 0.3) is 0 Å². The van der Waals surface area contributed by atoms with E-state index in [9.17, 15) is 4.79 Å². The van der Waals surface area contributed by atoms with E-state index in [1.54, 1.807) is 0 Å². The molecule has 0 aromatic heterocycles. The molecule has 6 heteroatoms. The summed E-state index contributed by atoms with van der Waals surface area (Å²) >= 11 is -2.14. The number of fused-ring (bicyclic) bond motifs is 1. The number of hydrogen-bond donors (Lipinski definition) is 1. The van der Waals surface area contributed by atoms with Gasteiger partial charge in [-0.15, -0.1) is 0 Å². The molecule has 2 rings (SSSR count). The molecule has 0 radical (unpaired) electrons. The average Bonchev–Trinajstić information content (AvgIpc) is 2.77. The van der Waals surface area contributed by atoms with E-state index in [1.165, 1.54) is 11.1 Å². The molecule has 1 unspecified atom stereocenters. The standard InChI is InChI=1S/C9H7.C5H11NO.C2H7Si.2ClH.Hf/c1-2-5-9-7-3-6-8(9)4-1;1-5(2,3)4(6)7;1-3-2;;;/h1-7H;1-3H3,(H2,6,7);3H,1-2H3;2*1H;/q;;;;;+3/p-3. The number of amides is 1. The van der Waals surface area contributed by atoms with Gasteiger partial charge in [0.15, 0.2) is 0 Å². The second kappa shape index (κ2) is 8.81. The Morgan fingerprint density at radius 3 is 2.32 bits per heavy atom. The molecule has 0 heterocycles. The van der Waals surface area contributed by atoms with Crippen molar-refractivity contribution in [3.05, 3.63) is 41.5 Å². The second-order valence-corrected chi connectivity index (χ2v) is 33.0. The maximum atomic E-state index is 12.4. The van der Waals surface area contributed by atoms with Crippen molar-refractivity contribution in [1.82, 2.24) is 3.30 Å². The van der Waals surface area contributed by atoms with Gasteiger partial charge in [0.2, 0.25) is 0 Å². The molecule has 1 amide bonds. The van der Waals surface area contributed by atoms with Crippen LogP contribution in [0.25, 0.3) is 6.08 Å². The molecule has 22 heavy (non-hydrogen) atoms. The van der Waals surface area contributed by atoms with Crippen LogP contribution in [0.4, 0.5) is 0 Å². The number of carbonyl (C=O) groups is 1. The normalized spacial score (nSPS) is 15.6. The molecule has 1 aliphatic carbocycles. The van der Waals surface area contributed by atoms with E-state index < -0.39 is 26.9 Å². The zero-order chi connectivity index (χ0) is 14.9. The molecule has 0 saturated heterocycles. The van der Waals surface area contributed by atoms with Crippen molar-refractivity contribution in [2.75, 3.05) is 0 Å². The number of halogens is 2. The fourth-order valence-corrected chi connectivity index (χ4v) is 23.8. The first-order valence-corrected chi connectivity index (χ1v) is 20.2. The van der Waals surface area contributed by atoms with Gasteiger partial charge >= 0.3 is 131 Å². The maximum Gasteiger partial charge on any atom is -1.00 e. The van der Waals surface area contributed by atoms with Gasteiger partial charge < -0.3 is 24.8 Å². The van der Waals surface area contributed by atoms with Crippen molar-refractivity contribution < 1.29 is 50.5 Å². The third kappa shape index (κ3) is 5.05. The van der Waals surface area contributed by atoms with Crippen LogP contribution in [0, 0.1) is 5.41 Å². The predicted octanol–water partition coefficient (Wildman–Crippen LogP) is -2.56. The topological polar surface area (TPSA) is 29.1 Å². The molecular formula is C16H24Cl2HfNOSi. The van der Waals surface area contributed by atoms with Crippen LogP contribution in [-0.4, -0.2) is 11.9 Å². The van der Waals surface area contributed by atoms with Crippen LogP contribution in [-0.2, 0) is 25.7 Å². The SMILES string of the molecule is C[SiH](C)[Hf+2]([NH]C(=O)C(C)(C)C)[CH]1C=Cc2ccccc21.[Cl-].[Cl-]. The molecule has 2 nitrogen and oxygen atoms in total. The third-order valence-corrected chi connectivity index (χ3v) is 28.5. The molecule has 1 aliphatic rings. The fourth-order valence-electron chi connectivity index (χ4n) is 2.42. The summed E-state index contributed by atoms with van der Waals surface area (Å²) < 4.78 is 4.07. The van der Waals surface area contributed by atoms with Gasteiger partial charge in [-0.05, 0) is 0 Å². The summed E-state index contributed by atoms with van der Waals surface area (Å²) in [6, 6.07) is 8.64. The first-order chi connectivity index (χ1) is 9.30. The van der Waals surface area contributed by atoms with E-state index in [0.29, 0.717) is 3.67 Å². The molecule has 1 atom stereocenters. The Labute approximate surface area is 155 Å². The summed E-state index contributed by atoms with van der Waals surface area (Å²) in [6.45, 7) is 10.8. The fraction of sp³-hybridized carbons (Fsp3) is 0.438. The first kappa shape index (κ1) is 22.1. The van der Waals surface area contributed by atoms with Gasteiger partial charge in [-0.1, -0.05) is 0 Å². The minimum atomic E-state index is -2.14. The molecular weight excluding hydrogens is 500 g/mol. The molecule has 121 valence electrons. The Balaban J connectivity index is 0.00000220. The third-order valence-electron chi connectivity index (χ3n) is 3.70. The molecule has 1 N–H and O–H groups in total. The van der Waals surface area contributed by atoms with Gasteiger partial charge in [0, 0.05) is 0 Å². The molecule has 1 aromatic carbocycles. The van der Waals surface area contributed by atoms with Gasteiger partial charge in [-0.2, -0.15) is 0 Å². The van der Waals surface area contributed by atoms with E-state index in [2.05, 4.69) is 52.8 Å². The Morgan fingerprint density at radius 2 is 1.77 bits per heavy atom. The number of rotatable bonds is 3. The summed E-state index contributed by atoms with van der Waals surface area (Å²) in [7, 11) is 0. The summed E-state index contributed by atoms with van der Waals surface area (Å²) in [5.74, 6) is -0.547. The molecule has 0 saturated carbocycles. The Bertz CT molecular complexity index is 543. The number of benzene rings is 1. The van der Waals surface area contributed by atoms with Crippen molar-refractivity contribution >= 4 is 18.0 Å². The van der Waals surface area contributed by atoms with Crippen LogP contribution in [0.15, 0.2) is 30.3 Å². The number of nitrogens with one attached hydrogen (secondary N) is 1. The van der Waals surface area contributed by atoms with Crippen LogP contribution in [0.3, 0.4) is 0 Å². The van der Waals surface area contributed by atoms with Crippen molar-refractivity contribution in [1.29, 1.82) is 0 Å². The van der Waals surface area contributed by atoms with Gasteiger partial charge in [0.1, 0.15) is 0 Å². The first-order valence-electron chi connectivity index (χ1n) is 7.26. The molecule has 0 fully saturated rings. The Hall–Kier alpha value is 0.0970. The zero-order valence-corrected chi connectivity index (χ0v) is 20.0. The van der Waals surface area contributed by atoms with Gasteiger partial charge in [-0.25, -0.2) is 0 Å². The van der Waals surface area contributed by atoms with E-state index in [0.717, 1.165) is 0 Å². The van der Waals surface area contributed by atoms with Crippen molar-refractivity contribution in [3.8, 4) is 0 Å². The minimum Gasteiger partial charge on any atom is -1.00 e. The second-order valence-electron chi connectivity index (χ2n) is 6.78. The quantitative estimate of drug-likeness (QED) is 0.434. The Morgan fingerprint density at radius 1 is 1.18 bits per heavy atom. The molecule has 0 spiro atoms. The average molecular weight is 524 g/mol. The van der Waals surface area contributed by atoms with E-state index in [4.69, 9.17) is 0 Å². The predicted molar refractivity (Wildman–Crippen MR) is 84.7 cm³/mol. The van der Waals surface area contributed by atoms with E-state index in [1.807, 2.05) is 20.8 Å². The minimum absolute atomic E-state index is 0. The van der Waals surface area contributed by atoms with Crippen LogP contribution < -0.4 is 28.1 Å². The Kier molecular flexibility index (Phi) is 8.85. The monoisotopic (exact) mass is 524 g/mol. The van der Waals surface area contributed by atoms with Crippen molar-refractivity contribution in [3.63, 3.8) is 0 Å². The largest absolute Gasteiger partial charge is 1.00 e.